The van der Waals surface area contributed by atoms with Gasteiger partial charge in [-0.3, -0.25) is 4.79 Å². The van der Waals surface area contributed by atoms with Crippen molar-refractivity contribution in [2.24, 2.45) is 0 Å². The third kappa shape index (κ3) is 2.31. The lowest BCUT2D eigenvalue weighted by Crippen LogP contribution is -2.46. The first-order chi connectivity index (χ1) is 8.79. The zero-order valence-electron chi connectivity index (χ0n) is 10.8. The Bertz CT molecular complexity index is 439. The molecule has 0 aromatic carbocycles. The highest BCUT2D eigenvalue weighted by atomic mass is 32.1. The summed E-state index contributed by atoms with van der Waals surface area (Å²) >= 11 is 1.62. The first-order valence-electron chi connectivity index (χ1n) is 6.83. The fraction of sp³-hybridized carbons (Fsp3) is 0.643. The van der Waals surface area contributed by atoms with Gasteiger partial charge in [-0.1, -0.05) is 0 Å². The molecule has 2 aliphatic rings. The van der Waals surface area contributed by atoms with Crippen molar-refractivity contribution in [1.29, 1.82) is 0 Å². The molecule has 0 radical (unpaired) electrons. The van der Waals surface area contributed by atoms with Gasteiger partial charge in [0.1, 0.15) is 0 Å². The van der Waals surface area contributed by atoms with E-state index in [-0.39, 0.29) is 5.91 Å². The number of amides is 1. The minimum absolute atomic E-state index is 0.256. The van der Waals surface area contributed by atoms with Crippen LogP contribution in [0.4, 0.5) is 0 Å². The molecule has 2 fully saturated rings. The number of likely N-dealkylation sites (N-methyl/N-ethyl adjacent to an activating group) is 1. The molecule has 4 heteroatoms. The van der Waals surface area contributed by atoms with Gasteiger partial charge in [-0.2, -0.15) is 0 Å². The van der Waals surface area contributed by atoms with Crippen molar-refractivity contribution >= 4 is 17.2 Å². The molecular weight excluding hydrogens is 244 g/mol. The Balaban J connectivity index is 1.74. The smallest absolute Gasteiger partial charge is 0.264 e. The van der Waals surface area contributed by atoms with Gasteiger partial charge in [0, 0.05) is 19.1 Å². The van der Waals surface area contributed by atoms with Crippen molar-refractivity contribution in [3.8, 4) is 0 Å². The molecule has 1 aliphatic carbocycles. The van der Waals surface area contributed by atoms with Crippen LogP contribution in [0.5, 0.6) is 0 Å². The minimum Gasteiger partial charge on any atom is -0.336 e. The largest absolute Gasteiger partial charge is 0.336 e. The Morgan fingerprint density at radius 3 is 3.00 bits per heavy atom. The maximum atomic E-state index is 12.6. The summed E-state index contributed by atoms with van der Waals surface area (Å²) in [5, 5.41) is 5.36. The van der Waals surface area contributed by atoms with E-state index in [1.807, 2.05) is 11.9 Å². The van der Waals surface area contributed by atoms with Gasteiger partial charge >= 0.3 is 0 Å². The third-order valence-corrected chi connectivity index (χ3v) is 4.94. The molecule has 1 atom stereocenters. The fourth-order valence-corrected chi connectivity index (χ4v) is 3.70. The molecule has 0 spiro atoms. The van der Waals surface area contributed by atoms with Crippen LogP contribution in [0, 0.1) is 0 Å². The zero-order chi connectivity index (χ0) is 12.5. The normalized spacial score (nSPS) is 24.3. The van der Waals surface area contributed by atoms with Crippen molar-refractivity contribution in [1.82, 2.24) is 10.2 Å². The quantitative estimate of drug-likeness (QED) is 0.909. The topological polar surface area (TPSA) is 32.3 Å². The lowest BCUT2D eigenvalue weighted by Gasteiger charge is -2.32. The highest BCUT2D eigenvalue weighted by Crippen LogP contribution is 2.43. The molecule has 1 aromatic heterocycles. The summed E-state index contributed by atoms with van der Waals surface area (Å²) < 4.78 is 0. The summed E-state index contributed by atoms with van der Waals surface area (Å²) in [7, 11) is 1.99. The third-order valence-electron chi connectivity index (χ3n) is 4.02. The molecule has 1 amide bonds. The van der Waals surface area contributed by atoms with E-state index in [1.165, 1.54) is 24.8 Å². The van der Waals surface area contributed by atoms with E-state index in [4.69, 9.17) is 0 Å². The van der Waals surface area contributed by atoms with E-state index < -0.39 is 0 Å². The maximum Gasteiger partial charge on any atom is 0.264 e. The number of carbonyl (C=O) groups is 1. The van der Waals surface area contributed by atoms with Crippen LogP contribution in [0.15, 0.2) is 11.4 Å². The van der Waals surface area contributed by atoms with Gasteiger partial charge in [-0.05, 0) is 55.7 Å². The van der Waals surface area contributed by atoms with Crippen molar-refractivity contribution in [3.05, 3.63) is 21.9 Å². The Kier molecular flexibility index (Phi) is 3.39. The number of nitrogens with zero attached hydrogens (tertiary/aromatic N) is 1. The van der Waals surface area contributed by atoms with E-state index in [9.17, 15) is 4.79 Å². The highest BCUT2D eigenvalue weighted by Gasteiger charge is 2.31. The molecular formula is C14H20N2OS. The predicted molar refractivity (Wildman–Crippen MR) is 74.3 cm³/mol. The van der Waals surface area contributed by atoms with E-state index in [1.54, 1.807) is 11.3 Å². The molecule has 2 heterocycles. The minimum atomic E-state index is 0.256. The maximum absolute atomic E-state index is 12.6. The summed E-state index contributed by atoms with van der Waals surface area (Å²) in [4.78, 5) is 15.6. The summed E-state index contributed by atoms with van der Waals surface area (Å²) in [5.74, 6) is 0.923. The van der Waals surface area contributed by atoms with Crippen LogP contribution in [-0.2, 0) is 0 Å². The van der Waals surface area contributed by atoms with E-state index in [2.05, 4.69) is 16.8 Å². The van der Waals surface area contributed by atoms with E-state index in [0.717, 1.165) is 24.4 Å². The van der Waals surface area contributed by atoms with E-state index in [0.29, 0.717) is 12.0 Å². The van der Waals surface area contributed by atoms with Gasteiger partial charge in [0.25, 0.3) is 5.91 Å². The standard InChI is InChI=1S/C14H20N2OS/c1-15-11-3-2-7-16(9-11)14(17)13-12(6-8-18-13)10-4-5-10/h6,8,10-11,15H,2-5,7,9H2,1H3/t11-/m0/s1. The number of nitrogens with one attached hydrogen (secondary N) is 1. The van der Waals surface area contributed by atoms with Crippen molar-refractivity contribution < 1.29 is 4.79 Å². The molecule has 3 rings (SSSR count). The van der Waals surface area contributed by atoms with Gasteiger partial charge in [0.15, 0.2) is 0 Å². The molecule has 1 saturated heterocycles. The molecule has 1 aromatic rings. The molecule has 1 aliphatic heterocycles. The molecule has 1 N–H and O–H groups in total. The van der Waals surface area contributed by atoms with Crippen LogP contribution in [0.25, 0.3) is 0 Å². The molecule has 3 nitrogen and oxygen atoms in total. The number of carbonyl (C=O) groups excluding carboxylic acids is 1. The lowest BCUT2D eigenvalue weighted by molar-refractivity contribution is 0.0702. The van der Waals surface area contributed by atoms with Gasteiger partial charge in [0.05, 0.1) is 4.88 Å². The van der Waals surface area contributed by atoms with Crippen LogP contribution >= 0.6 is 11.3 Å². The summed E-state index contributed by atoms with van der Waals surface area (Å²) in [6.45, 7) is 1.77. The van der Waals surface area contributed by atoms with Gasteiger partial charge < -0.3 is 10.2 Å². The second kappa shape index (κ2) is 5.02. The first-order valence-corrected chi connectivity index (χ1v) is 7.71. The second-order valence-electron chi connectivity index (χ2n) is 5.36. The monoisotopic (exact) mass is 264 g/mol. The van der Waals surface area contributed by atoms with Crippen molar-refractivity contribution in [2.45, 2.75) is 37.6 Å². The Hall–Kier alpha value is -0.870. The Morgan fingerprint density at radius 2 is 2.28 bits per heavy atom. The van der Waals surface area contributed by atoms with Crippen molar-refractivity contribution in [2.75, 3.05) is 20.1 Å². The lowest BCUT2D eigenvalue weighted by atomic mass is 10.0. The molecule has 1 saturated carbocycles. The number of rotatable bonds is 3. The number of thiophene rings is 1. The number of hydrogen-bond acceptors (Lipinski definition) is 3. The number of hydrogen-bond donors (Lipinski definition) is 1. The molecule has 18 heavy (non-hydrogen) atoms. The average Bonchev–Trinajstić information content (AvgIpc) is 3.15. The summed E-state index contributed by atoms with van der Waals surface area (Å²) in [5.41, 5.74) is 1.30. The molecule has 98 valence electrons. The van der Waals surface area contributed by atoms with Crippen LogP contribution < -0.4 is 5.32 Å². The van der Waals surface area contributed by atoms with E-state index >= 15 is 0 Å². The SMILES string of the molecule is CN[C@H]1CCCN(C(=O)c2sccc2C2CC2)C1. The Labute approximate surface area is 112 Å². The van der Waals surface area contributed by atoms with Gasteiger partial charge in [-0.25, -0.2) is 0 Å². The average molecular weight is 264 g/mol. The molecule has 0 unspecified atom stereocenters. The zero-order valence-corrected chi connectivity index (χ0v) is 11.6. The van der Waals surface area contributed by atoms with Crippen LogP contribution in [-0.4, -0.2) is 37.0 Å². The summed E-state index contributed by atoms with van der Waals surface area (Å²) in [6, 6.07) is 2.61. The van der Waals surface area contributed by atoms with Gasteiger partial charge in [-0.15, -0.1) is 11.3 Å². The van der Waals surface area contributed by atoms with Crippen molar-refractivity contribution in [3.63, 3.8) is 0 Å². The highest BCUT2D eigenvalue weighted by molar-refractivity contribution is 7.12. The summed E-state index contributed by atoms with van der Waals surface area (Å²) in [6.07, 6.45) is 4.81. The number of piperidine rings is 1. The Morgan fingerprint density at radius 1 is 1.44 bits per heavy atom. The molecule has 0 bridgehead atoms. The van der Waals surface area contributed by atoms with Crippen LogP contribution in [0.3, 0.4) is 0 Å². The fourth-order valence-electron chi connectivity index (χ4n) is 2.75. The second-order valence-corrected chi connectivity index (χ2v) is 6.27. The van der Waals surface area contributed by atoms with Gasteiger partial charge in [0.2, 0.25) is 0 Å². The van der Waals surface area contributed by atoms with Crippen LogP contribution in [0.2, 0.25) is 0 Å². The van der Waals surface area contributed by atoms with Crippen LogP contribution in [0.1, 0.15) is 46.8 Å². The predicted octanol–water partition coefficient (Wildman–Crippen LogP) is 2.45. The first kappa shape index (κ1) is 12.2. The number of likely N-dealkylation sites (tertiary alicyclic amines) is 1.